The van der Waals surface area contributed by atoms with Crippen molar-refractivity contribution in [1.82, 2.24) is 13.9 Å². The maximum absolute atomic E-state index is 13.4. The molecule has 2 fully saturated rings. The SMILES string of the molecule is CCCN(C1CCCNC1)S(=O)(=O)N1C[C@H](CCCB(O)O)[C@](N)(C(=O)O)C1. The molecule has 10 nitrogen and oxygen atoms in total. The molecular formula is C16H33BN4O6S. The van der Waals surface area contributed by atoms with Crippen LogP contribution in [0.4, 0.5) is 0 Å². The first-order chi connectivity index (χ1) is 13.1. The smallest absolute Gasteiger partial charge is 0.451 e. The molecule has 2 saturated heterocycles. The second-order valence-corrected chi connectivity index (χ2v) is 9.75. The van der Waals surface area contributed by atoms with Gasteiger partial charge in [-0.05, 0) is 38.5 Å². The second-order valence-electron chi connectivity index (χ2n) is 7.87. The molecule has 2 aliphatic heterocycles. The number of carboxylic acid groups (broad SMARTS) is 1. The van der Waals surface area contributed by atoms with Crippen molar-refractivity contribution in [2.45, 2.75) is 56.9 Å². The van der Waals surface area contributed by atoms with E-state index in [4.69, 9.17) is 15.8 Å². The third kappa shape index (κ3) is 5.23. The Labute approximate surface area is 167 Å². The molecule has 0 saturated carbocycles. The van der Waals surface area contributed by atoms with Crippen LogP contribution in [0.5, 0.6) is 0 Å². The molecule has 162 valence electrons. The molecule has 0 bridgehead atoms. The highest BCUT2D eigenvalue weighted by Gasteiger charge is 2.53. The van der Waals surface area contributed by atoms with Crippen molar-refractivity contribution in [2.24, 2.45) is 11.7 Å². The largest absolute Gasteiger partial charge is 0.480 e. The van der Waals surface area contributed by atoms with Crippen LogP contribution < -0.4 is 11.1 Å². The lowest BCUT2D eigenvalue weighted by Gasteiger charge is -2.36. The Morgan fingerprint density at radius 1 is 1.43 bits per heavy atom. The molecule has 28 heavy (non-hydrogen) atoms. The minimum atomic E-state index is -3.86. The Hall–Kier alpha value is -0.755. The van der Waals surface area contributed by atoms with E-state index in [-0.39, 0.29) is 25.5 Å². The van der Waals surface area contributed by atoms with Crippen molar-refractivity contribution in [3.05, 3.63) is 0 Å². The van der Waals surface area contributed by atoms with Gasteiger partial charge in [0, 0.05) is 38.1 Å². The molecule has 3 atom stereocenters. The van der Waals surface area contributed by atoms with Gasteiger partial charge >= 0.3 is 13.1 Å². The first-order valence-electron chi connectivity index (χ1n) is 9.99. The minimum absolute atomic E-state index is 0.0209. The van der Waals surface area contributed by atoms with Crippen LogP contribution in [0, 0.1) is 5.92 Å². The van der Waals surface area contributed by atoms with E-state index < -0.39 is 34.8 Å². The van der Waals surface area contributed by atoms with E-state index in [9.17, 15) is 18.3 Å². The lowest BCUT2D eigenvalue weighted by molar-refractivity contribution is -0.144. The predicted octanol–water partition coefficient (Wildman–Crippen LogP) is -1.34. The van der Waals surface area contributed by atoms with Crippen LogP contribution in [0.2, 0.25) is 6.32 Å². The van der Waals surface area contributed by atoms with Crippen LogP contribution >= 0.6 is 0 Å². The van der Waals surface area contributed by atoms with Gasteiger partial charge in [0.1, 0.15) is 5.54 Å². The predicted molar refractivity (Wildman–Crippen MR) is 106 cm³/mol. The molecule has 0 aromatic heterocycles. The van der Waals surface area contributed by atoms with Gasteiger partial charge in [-0.1, -0.05) is 13.3 Å². The molecule has 0 spiro atoms. The number of nitrogens with two attached hydrogens (primary N) is 1. The monoisotopic (exact) mass is 420 g/mol. The fourth-order valence-corrected chi connectivity index (χ4v) is 6.15. The molecule has 2 heterocycles. The van der Waals surface area contributed by atoms with E-state index in [0.717, 1.165) is 19.4 Å². The van der Waals surface area contributed by atoms with Gasteiger partial charge in [-0.25, -0.2) is 0 Å². The van der Waals surface area contributed by atoms with Gasteiger partial charge in [-0.15, -0.1) is 0 Å². The zero-order valence-electron chi connectivity index (χ0n) is 16.5. The van der Waals surface area contributed by atoms with Crippen LogP contribution in [0.15, 0.2) is 0 Å². The number of rotatable bonds is 10. The van der Waals surface area contributed by atoms with E-state index in [1.165, 1.54) is 8.61 Å². The topological polar surface area (TPSA) is 156 Å². The molecule has 1 unspecified atom stereocenters. The standard InChI is InChI=1S/C16H33BN4O6S/c1-2-9-21(14-6-4-8-19-10-14)28(26,27)20-11-13(5-3-7-17(24)25)16(18,12-20)15(22)23/h13-14,19,24-25H,2-12,18H2,1H3,(H,22,23)/t13-,14?,16-/m0/s1. The van der Waals surface area contributed by atoms with Gasteiger partial charge in [0.15, 0.2) is 0 Å². The van der Waals surface area contributed by atoms with Gasteiger partial charge in [-0.2, -0.15) is 17.0 Å². The van der Waals surface area contributed by atoms with Crippen molar-refractivity contribution < 1.29 is 28.4 Å². The number of nitrogens with zero attached hydrogens (tertiary/aromatic N) is 2. The maximum Gasteiger partial charge on any atom is 0.451 e. The highest BCUT2D eigenvalue weighted by molar-refractivity contribution is 7.86. The zero-order valence-corrected chi connectivity index (χ0v) is 17.3. The molecule has 0 radical (unpaired) electrons. The summed E-state index contributed by atoms with van der Waals surface area (Å²) < 4.78 is 29.4. The van der Waals surface area contributed by atoms with Crippen molar-refractivity contribution in [3.8, 4) is 0 Å². The van der Waals surface area contributed by atoms with Crippen molar-refractivity contribution in [3.63, 3.8) is 0 Å². The van der Waals surface area contributed by atoms with Gasteiger partial charge in [-0.3, -0.25) is 4.79 Å². The summed E-state index contributed by atoms with van der Waals surface area (Å²) >= 11 is 0. The summed E-state index contributed by atoms with van der Waals surface area (Å²) in [6.07, 6.45) is 3.08. The molecule has 12 heteroatoms. The maximum atomic E-state index is 13.4. The summed E-state index contributed by atoms with van der Waals surface area (Å²) in [6, 6.07) is -0.153. The van der Waals surface area contributed by atoms with Crippen molar-refractivity contribution in [2.75, 3.05) is 32.7 Å². The van der Waals surface area contributed by atoms with Crippen LogP contribution in [0.1, 0.15) is 39.0 Å². The Kier molecular flexibility index (Phi) is 8.26. The first-order valence-corrected chi connectivity index (χ1v) is 11.4. The van der Waals surface area contributed by atoms with E-state index in [2.05, 4.69) is 5.32 Å². The third-order valence-electron chi connectivity index (χ3n) is 5.75. The molecule has 0 aliphatic carbocycles. The Bertz CT molecular complexity index is 631. The van der Waals surface area contributed by atoms with Gasteiger partial charge in [0.25, 0.3) is 10.2 Å². The summed E-state index contributed by atoms with van der Waals surface area (Å²) in [5.74, 6) is -1.83. The van der Waals surface area contributed by atoms with Crippen molar-refractivity contribution in [1.29, 1.82) is 0 Å². The third-order valence-corrected chi connectivity index (χ3v) is 7.75. The van der Waals surface area contributed by atoms with Gasteiger partial charge < -0.3 is 26.2 Å². The highest BCUT2D eigenvalue weighted by atomic mass is 32.2. The van der Waals surface area contributed by atoms with E-state index in [1.54, 1.807) is 0 Å². The number of carboxylic acids is 1. The Balaban J connectivity index is 2.19. The van der Waals surface area contributed by atoms with Crippen LogP contribution in [-0.4, -0.2) is 89.6 Å². The molecule has 6 N–H and O–H groups in total. The quantitative estimate of drug-likeness (QED) is 0.272. The summed E-state index contributed by atoms with van der Waals surface area (Å²) in [7, 11) is -5.33. The molecular weight excluding hydrogens is 387 g/mol. The number of aliphatic carboxylic acids is 1. The van der Waals surface area contributed by atoms with Crippen LogP contribution in [0.25, 0.3) is 0 Å². The molecule has 0 amide bonds. The number of hydrogen-bond acceptors (Lipinski definition) is 7. The summed E-state index contributed by atoms with van der Waals surface area (Å²) in [6.45, 7) is 3.47. The molecule has 2 aliphatic rings. The van der Waals surface area contributed by atoms with Gasteiger partial charge in [0.2, 0.25) is 0 Å². The van der Waals surface area contributed by atoms with E-state index in [1.807, 2.05) is 6.92 Å². The fourth-order valence-electron chi connectivity index (χ4n) is 4.14. The summed E-state index contributed by atoms with van der Waals surface area (Å²) in [4.78, 5) is 11.8. The number of piperidine rings is 1. The fraction of sp³-hybridized carbons (Fsp3) is 0.938. The second kappa shape index (κ2) is 9.83. The number of nitrogens with one attached hydrogen (secondary N) is 1. The molecule has 0 aromatic rings. The summed E-state index contributed by atoms with van der Waals surface area (Å²) in [5, 5.41) is 30.9. The Morgan fingerprint density at radius 2 is 2.14 bits per heavy atom. The highest BCUT2D eigenvalue weighted by Crippen LogP contribution is 2.33. The van der Waals surface area contributed by atoms with Gasteiger partial charge in [0.05, 0.1) is 0 Å². The van der Waals surface area contributed by atoms with Crippen LogP contribution in [0.3, 0.4) is 0 Å². The normalized spacial score (nSPS) is 29.3. The molecule has 0 aromatic carbocycles. The van der Waals surface area contributed by atoms with E-state index >= 15 is 0 Å². The lowest BCUT2D eigenvalue weighted by Crippen LogP contribution is -2.57. The van der Waals surface area contributed by atoms with E-state index in [0.29, 0.717) is 32.4 Å². The minimum Gasteiger partial charge on any atom is -0.480 e. The first kappa shape index (κ1) is 23.5. The lowest BCUT2D eigenvalue weighted by atomic mass is 9.78. The average molecular weight is 420 g/mol. The Morgan fingerprint density at radius 3 is 2.68 bits per heavy atom. The zero-order chi connectivity index (χ0) is 20.9. The van der Waals surface area contributed by atoms with Crippen molar-refractivity contribution >= 4 is 23.3 Å². The number of hydrogen-bond donors (Lipinski definition) is 5. The number of carbonyl (C=O) groups is 1. The summed E-state index contributed by atoms with van der Waals surface area (Å²) in [5.41, 5.74) is 4.46. The van der Waals surface area contributed by atoms with Crippen LogP contribution in [-0.2, 0) is 15.0 Å². The molecule has 2 rings (SSSR count). The average Bonchev–Trinajstić information content (AvgIpc) is 2.99.